The molecule has 2 saturated heterocycles. The third-order valence-corrected chi connectivity index (χ3v) is 4.34. The number of ether oxygens (including phenoxy) is 1. The predicted molar refractivity (Wildman–Crippen MR) is 55.3 cm³/mol. The van der Waals surface area contributed by atoms with Crippen molar-refractivity contribution in [2.24, 2.45) is 5.92 Å². The molecule has 2 nitrogen and oxygen atoms in total. The highest BCUT2D eigenvalue weighted by Gasteiger charge is 2.44. The van der Waals surface area contributed by atoms with Gasteiger partial charge in [-0.15, -0.1) is 11.3 Å². The first kappa shape index (κ1) is 8.89. The first-order chi connectivity index (χ1) is 6.84. The van der Waals surface area contributed by atoms with Gasteiger partial charge in [-0.05, 0) is 30.7 Å². The van der Waals surface area contributed by atoms with E-state index in [1.165, 1.54) is 6.42 Å². The third kappa shape index (κ3) is 1.31. The van der Waals surface area contributed by atoms with Crippen LogP contribution in [0.4, 0.5) is 0 Å². The van der Waals surface area contributed by atoms with Crippen molar-refractivity contribution in [3.8, 4) is 0 Å². The van der Waals surface area contributed by atoms with Gasteiger partial charge in [0.25, 0.3) is 0 Å². The Morgan fingerprint density at radius 1 is 1.50 bits per heavy atom. The molecule has 3 rings (SSSR count). The summed E-state index contributed by atoms with van der Waals surface area (Å²) in [4.78, 5) is 1.09. The molecule has 0 saturated carbocycles. The maximum atomic E-state index is 10.2. The fourth-order valence-electron chi connectivity index (χ4n) is 2.68. The first-order valence-corrected chi connectivity index (χ1v) is 6.09. The smallest absolute Gasteiger partial charge is 0.0935 e. The number of hydrogen-bond acceptors (Lipinski definition) is 3. The van der Waals surface area contributed by atoms with E-state index in [-0.39, 0.29) is 6.10 Å². The molecule has 14 heavy (non-hydrogen) atoms. The summed E-state index contributed by atoms with van der Waals surface area (Å²) in [5.41, 5.74) is 0. The van der Waals surface area contributed by atoms with Gasteiger partial charge in [0, 0.05) is 10.8 Å². The van der Waals surface area contributed by atoms with Gasteiger partial charge in [0.05, 0.1) is 18.3 Å². The highest BCUT2D eigenvalue weighted by atomic mass is 32.1. The van der Waals surface area contributed by atoms with Crippen molar-refractivity contribution in [1.82, 2.24) is 0 Å². The number of fused-ring (bicyclic) bond motifs is 2. The van der Waals surface area contributed by atoms with Gasteiger partial charge in [-0.2, -0.15) is 0 Å². The SMILES string of the molecule is OC(c1cccs1)C1CC2CCC1O2. The van der Waals surface area contributed by atoms with E-state index >= 15 is 0 Å². The number of aliphatic hydroxyl groups is 1. The van der Waals surface area contributed by atoms with Crippen LogP contribution in [0.15, 0.2) is 17.5 Å². The molecule has 2 aliphatic heterocycles. The Hall–Kier alpha value is -0.380. The zero-order valence-electron chi connectivity index (χ0n) is 7.93. The van der Waals surface area contributed by atoms with Gasteiger partial charge in [0.1, 0.15) is 0 Å². The highest BCUT2D eigenvalue weighted by molar-refractivity contribution is 7.10. The van der Waals surface area contributed by atoms with Crippen LogP contribution in [0.2, 0.25) is 0 Å². The molecule has 2 fully saturated rings. The Labute approximate surface area is 87.5 Å². The lowest BCUT2D eigenvalue weighted by molar-refractivity contribution is 0.0439. The molecule has 0 spiro atoms. The van der Waals surface area contributed by atoms with Crippen LogP contribution in [0.5, 0.6) is 0 Å². The lowest BCUT2D eigenvalue weighted by atomic mass is 9.85. The van der Waals surface area contributed by atoms with E-state index in [1.807, 2.05) is 17.5 Å². The quantitative estimate of drug-likeness (QED) is 0.812. The van der Waals surface area contributed by atoms with Crippen LogP contribution in [0.1, 0.15) is 30.2 Å². The minimum Gasteiger partial charge on any atom is -0.387 e. The summed E-state index contributed by atoms with van der Waals surface area (Å²) >= 11 is 1.64. The van der Waals surface area contributed by atoms with Gasteiger partial charge in [-0.25, -0.2) is 0 Å². The topological polar surface area (TPSA) is 29.5 Å². The Morgan fingerprint density at radius 3 is 3.00 bits per heavy atom. The van der Waals surface area contributed by atoms with E-state index in [0.717, 1.165) is 17.7 Å². The molecule has 1 N–H and O–H groups in total. The summed E-state index contributed by atoms with van der Waals surface area (Å²) in [7, 11) is 0. The molecule has 0 radical (unpaired) electrons. The number of hydrogen-bond donors (Lipinski definition) is 1. The lowest BCUT2D eigenvalue weighted by Crippen LogP contribution is -2.22. The van der Waals surface area contributed by atoms with E-state index in [9.17, 15) is 5.11 Å². The molecular formula is C11H14O2S. The standard InChI is InChI=1S/C11H14O2S/c12-11(10-2-1-5-14-10)8-6-7-3-4-9(8)13-7/h1-2,5,7-9,11-12H,3-4,6H2. The van der Waals surface area contributed by atoms with Crippen molar-refractivity contribution in [1.29, 1.82) is 0 Å². The third-order valence-electron chi connectivity index (χ3n) is 3.39. The minimum absolute atomic E-state index is 0.301. The van der Waals surface area contributed by atoms with Crippen molar-refractivity contribution in [3.05, 3.63) is 22.4 Å². The largest absolute Gasteiger partial charge is 0.387 e. The van der Waals surface area contributed by atoms with Gasteiger partial charge in [-0.3, -0.25) is 0 Å². The Balaban J connectivity index is 1.77. The molecule has 2 bridgehead atoms. The summed E-state index contributed by atoms with van der Waals surface area (Å²) in [6.45, 7) is 0. The second kappa shape index (κ2) is 3.33. The Bertz CT molecular complexity index is 309. The highest BCUT2D eigenvalue weighted by Crippen LogP contribution is 2.45. The molecular weight excluding hydrogens is 196 g/mol. The molecule has 4 atom stereocenters. The Morgan fingerprint density at radius 2 is 2.43 bits per heavy atom. The molecule has 0 amide bonds. The monoisotopic (exact) mass is 210 g/mol. The van der Waals surface area contributed by atoms with E-state index in [4.69, 9.17) is 4.74 Å². The summed E-state index contributed by atoms with van der Waals surface area (Å²) in [6, 6.07) is 4.01. The fourth-order valence-corrected chi connectivity index (χ4v) is 3.47. The van der Waals surface area contributed by atoms with Crippen molar-refractivity contribution < 1.29 is 9.84 Å². The zero-order chi connectivity index (χ0) is 9.54. The van der Waals surface area contributed by atoms with Gasteiger partial charge >= 0.3 is 0 Å². The van der Waals surface area contributed by atoms with Gasteiger partial charge in [-0.1, -0.05) is 6.07 Å². The van der Waals surface area contributed by atoms with Crippen LogP contribution in [0.25, 0.3) is 0 Å². The number of rotatable bonds is 2. The fraction of sp³-hybridized carbons (Fsp3) is 0.636. The van der Waals surface area contributed by atoms with Crippen molar-refractivity contribution in [2.45, 2.75) is 37.6 Å². The second-order valence-electron chi connectivity index (χ2n) is 4.23. The maximum Gasteiger partial charge on any atom is 0.0935 e. The number of aliphatic hydroxyl groups excluding tert-OH is 1. The van der Waals surface area contributed by atoms with E-state index in [1.54, 1.807) is 11.3 Å². The van der Waals surface area contributed by atoms with E-state index in [2.05, 4.69) is 0 Å². The number of thiophene rings is 1. The summed E-state index contributed by atoms with van der Waals surface area (Å²) in [5, 5.41) is 12.2. The summed E-state index contributed by atoms with van der Waals surface area (Å²) in [6.07, 6.45) is 3.82. The molecule has 76 valence electrons. The molecule has 0 aromatic carbocycles. The molecule has 1 aromatic heterocycles. The average Bonchev–Trinajstić information content (AvgIpc) is 2.93. The maximum absolute atomic E-state index is 10.2. The summed E-state index contributed by atoms with van der Waals surface area (Å²) in [5.74, 6) is 0.340. The van der Waals surface area contributed by atoms with Crippen LogP contribution in [0.3, 0.4) is 0 Å². The molecule has 0 aliphatic carbocycles. The second-order valence-corrected chi connectivity index (χ2v) is 5.21. The molecule has 1 aromatic rings. The van der Waals surface area contributed by atoms with Crippen LogP contribution in [0, 0.1) is 5.92 Å². The van der Waals surface area contributed by atoms with Crippen molar-refractivity contribution in [3.63, 3.8) is 0 Å². The van der Waals surface area contributed by atoms with E-state index in [0.29, 0.717) is 18.1 Å². The van der Waals surface area contributed by atoms with Crippen LogP contribution >= 0.6 is 11.3 Å². The van der Waals surface area contributed by atoms with Crippen LogP contribution in [-0.4, -0.2) is 17.3 Å². The first-order valence-electron chi connectivity index (χ1n) is 5.21. The Kier molecular flexibility index (Phi) is 2.11. The van der Waals surface area contributed by atoms with Gasteiger partial charge in [0.2, 0.25) is 0 Å². The molecule has 3 heterocycles. The van der Waals surface area contributed by atoms with Gasteiger partial charge in [0.15, 0.2) is 0 Å². The average molecular weight is 210 g/mol. The lowest BCUT2D eigenvalue weighted by Gasteiger charge is -2.23. The molecule has 3 heteroatoms. The van der Waals surface area contributed by atoms with Crippen LogP contribution in [-0.2, 0) is 4.74 Å². The minimum atomic E-state index is -0.301. The summed E-state index contributed by atoms with van der Waals surface area (Å²) < 4.78 is 5.75. The van der Waals surface area contributed by atoms with Crippen LogP contribution < -0.4 is 0 Å². The van der Waals surface area contributed by atoms with Crippen molar-refractivity contribution >= 4 is 11.3 Å². The normalized spacial score (nSPS) is 37.6. The van der Waals surface area contributed by atoms with E-state index < -0.39 is 0 Å². The molecule has 4 unspecified atom stereocenters. The molecule has 2 aliphatic rings. The zero-order valence-corrected chi connectivity index (χ0v) is 8.74. The van der Waals surface area contributed by atoms with Crippen molar-refractivity contribution in [2.75, 3.05) is 0 Å². The predicted octanol–water partition coefficient (Wildman–Crippen LogP) is 2.35. The van der Waals surface area contributed by atoms with Gasteiger partial charge < -0.3 is 9.84 Å².